The van der Waals surface area contributed by atoms with Crippen LogP contribution in [0.25, 0.3) is 0 Å². The predicted octanol–water partition coefficient (Wildman–Crippen LogP) is 3.56. The van der Waals surface area contributed by atoms with Gasteiger partial charge in [0.15, 0.2) is 0 Å². The largest absolute Gasteiger partial charge is 1.00 e. The number of hydrogen-bond acceptors (Lipinski definition) is 7. The SMILES string of the molecule is C.CC(C)(CS(=O)(=O)[O-])NC(=O)CCSCCCC(CC(F)(C(F)(F)F)C(F)(F)F)C(F)(F)F.C[N+](C)(C)CCCNS(=O)(=O)CCCC(CC(F)(C(F)(F)F)C(F)(F)F)C(F)(F)F.[Cl-].[Na+]. The second-order valence-electron chi connectivity index (χ2n) is 15.8. The van der Waals surface area contributed by atoms with Crippen LogP contribution in [0, 0.1) is 11.8 Å². The Kier molecular flexibility index (Phi) is 30.8. The molecule has 0 aromatic rings. The molecular formula is C32H51ClF20N3NaO6S3. The number of amides is 1. The fraction of sp³-hybridized carbons (Fsp3) is 0.969. The van der Waals surface area contributed by atoms with Crippen molar-refractivity contribution in [3.63, 3.8) is 0 Å². The summed E-state index contributed by atoms with van der Waals surface area (Å²) in [6, 6.07) is 0. The standard InChI is InChI=1S/C16H23F10NO4S2.C15H25F10N2O2S.CH4.ClH.Na/c1-12(2,9-33(29,30)31)27-11(28)5-7-32-6-3-4-10(14(18,19)20)8-13(17,15(21,22)23)16(24,25)26;1-27(2,3)8-5-7-26-30(28,29)9-4-6-11(13(17,18)19)10-12(16,14(20,21)22)15(23,24)25;;;/h10H,3-9H2,1-2H3,(H,27,28)(H,29,30,31);11,26H,4-10H2,1-3H3;1H4;1H;/q;+1;;;+1/p-2. The van der Waals surface area contributed by atoms with E-state index in [1.54, 1.807) is 0 Å². The van der Waals surface area contributed by atoms with E-state index in [4.69, 9.17) is 0 Å². The van der Waals surface area contributed by atoms with Crippen molar-refractivity contribution >= 4 is 37.8 Å². The van der Waals surface area contributed by atoms with Crippen LogP contribution in [-0.2, 0) is 24.9 Å². The van der Waals surface area contributed by atoms with Crippen LogP contribution in [-0.4, -0.2) is 143 Å². The number of nitrogens with one attached hydrogen (secondary N) is 2. The van der Waals surface area contributed by atoms with E-state index in [9.17, 15) is 114 Å². The molecule has 2 unspecified atom stereocenters. The number of halogens is 21. The Balaban J connectivity index is -0.000000361. The van der Waals surface area contributed by atoms with Crippen molar-refractivity contribution in [1.29, 1.82) is 0 Å². The summed E-state index contributed by atoms with van der Waals surface area (Å²) in [6.45, 7) is 3.04. The van der Waals surface area contributed by atoms with Crippen molar-refractivity contribution in [1.82, 2.24) is 10.0 Å². The number of nitrogens with zero attached hydrogens (tertiary/aromatic N) is 1. The zero-order valence-corrected chi connectivity index (χ0v) is 40.3. The van der Waals surface area contributed by atoms with Crippen LogP contribution >= 0.6 is 11.8 Å². The molecule has 0 saturated heterocycles. The fourth-order valence-corrected chi connectivity index (χ4v) is 8.22. The van der Waals surface area contributed by atoms with Gasteiger partial charge in [-0.2, -0.15) is 90.8 Å². The van der Waals surface area contributed by atoms with Crippen molar-refractivity contribution in [3.8, 4) is 0 Å². The molecule has 0 fully saturated rings. The molecule has 0 aliphatic heterocycles. The Labute approximate surface area is 402 Å². The molecule has 0 rings (SSSR count). The first-order valence-corrected chi connectivity index (χ1v) is 22.2. The van der Waals surface area contributed by atoms with Crippen LogP contribution in [0.3, 0.4) is 0 Å². The molecule has 34 heteroatoms. The summed E-state index contributed by atoms with van der Waals surface area (Å²) in [6.07, 6.45) is -47.2. The normalized spacial score (nSPS) is 15.0. The molecule has 0 aromatic heterocycles. The van der Waals surface area contributed by atoms with E-state index >= 15 is 0 Å². The Bertz CT molecular complexity index is 1610. The third-order valence-corrected chi connectivity index (χ3v) is 12.0. The van der Waals surface area contributed by atoms with Gasteiger partial charge in [-0.25, -0.2) is 30.3 Å². The van der Waals surface area contributed by atoms with E-state index in [2.05, 4.69) is 10.0 Å². The maximum Gasteiger partial charge on any atom is 1.00 e. The zero-order chi connectivity index (χ0) is 50.8. The molecule has 0 saturated carbocycles. The van der Waals surface area contributed by atoms with Gasteiger partial charge in [-0.1, -0.05) is 7.43 Å². The maximum absolute atomic E-state index is 13.7. The average molecular weight is 1110 g/mol. The molecule has 396 valence electrons. The van der Waals surface area contributed by atoms with Gasteiger partial charge in [-0.3, -0.25) is 4.79 Å². The number of carbonyl (C=O) groups is 1. The molecule has 1 amide bonds. The summed E-state index contributed by atoms with van der Waals surface area (Å²) in [4.78, 5) is 11.7. The molecule has 66 heavy (non-hydrogen) atoms. The number of quaternary nitrogens is 1. The Morgan fingerprint density at radius 1 is 0.636 bits per heavy atom. The zero-order valence-electron chi connectivity index (χ0n) is 35.1. The molecule has 0 aliphatic rings. The molecule has 9 nitrogen and oxygen atoms in total. The van der Waals surface area contributed by atoms with Crippen molar-refractivity contribution in [2.24, 2.45) is 11.8 Å². The average Bonchev–Trinajstić information content (AvgIpc) is 2.98. The van der Waals surface area contributed by atoms with Gasteiger partial charge in [0.25, 0.3) is 11.3 Å². The minimum Gasteiger partial charge on any atom is -1.00 e. The Hall–Kier alpha value is -0.510. The molecule has 0 aromatic carbocycles. The van der Waals surface area contributed by atoms with Crippen molar-refractivity contribution in [2.75, 3.05) is 57.2 Å². The molecule has 0 radical (unpaired) electrons. The fourth-order valence-electron chi connectivity index (χ4n) is 5.22. The minimum atomic E-state index is -6.62. The second-order valence-corrected chi connectivity index (χ2v) is 20.4. The van der Waals surface area contributed by atoms with Gasteiger partial charge in [0, 0.05) is 43.5 Å². The van der Waals surface area contributed by atoms with Crippen molar-refractivity contribution < 1.29 is 160 Å². The Morgan fingerprint density at radius 3 is 1.32 bits per heavy atom. The summed E-state index contributed by atoms with van der Waals surface area (Å²) in [7, 11) is -3.25. The van der Waals surface area contributed by atoms with Crippen LogP contribution < -0.4 is 52.0 Å². The third-order valence-electron chi connectivity index (χ3n) is 8.40. The van der Waals surface area contributed by atoms with Gasteiger partial charge in [0.05, 0.1) is 61.1 Å². The van der Waals surface area contributed by atoms with Crippen molar-refractivity contribution in [2.45, 2.75) is 127 Å². The van der Waals surface area contributed by atoms with E-state index in [0.29, 0.717) is 17.4 Å². The topological polar surface area (TPSA) is 132 Å². The summed E-state index contributed by atoms with van der Waals surface area (Å²) in [5, 5.41) is 2.26. The molecule has 0 bridgehead atoms. The van der Waals surface area contributed by atoms with Gasteiger partial charge >= 0.3 is 66.6 Å². The predicted molar refractivity (Wildman–Crippen MR) is 193 cm³/mol. The summed E-state index contributed by atoms with van der Waals surface area (Å²) >= 11 is 0.856. The van der Waals surface area contributed by atoms with Gasteiger partial charge in [-0.05, 0) is 45.3 Å². The van der Waals surface area contributed by atoms with Crippen molar-refractivity contribution in [3.05, 3.63) is 0 Å². The quantitative estimate of drug-likeness (QED) is 0.0527. The van der Waals surface area contributed by atoms with E-state index < -0.39 is 142 Å². The van der Waals surface area contributed by atoms with E-state index in [-0.39, 0.29) is 73.9 Å². The first-order chi connectivity index (χ1) is 27.4. The van der Waals surface area contributed by atoms with Crippen LogP contribution in [0.15, 0.2) is 0 Å². The number of hydrogen-bond donors (Lipinski definition) is 2. The summed E-state index contributed by atoms with van der Waals surface area (Å²) in [5.74, 6) is -9.30. The first kappa shape index (κ1) is 74.4. The van der Waals surface area contributed by atoms with E-state index in [1.807, 2.05) is 21.1 Å². The van der Waals surface area contributed by atoms with Gasteiger partial charge in [-0.15, -0.1) is 0 Å². The van der Waals surface area contributed by atoms with E-state index in [0.717, 1.165) is 11.8 Å². The van der Waals surface area contributed by atoms with Crippen LogP contribution in [0.1, 0.15) is 72.6 Å². The number of rotatable bonds is 23. The smallest absolute Gasteiger partial charge is 1.00 e. The first-order valence-electron chi connectivity index (χ1n) is 17.8. The van der Waals surface area contributed by atoms with Crippen LogP contribution in [0.2, 0.25) is 0 Å². The molecule has 0 spiro atoms. The third kappa shape index (κ3) is 28.4. The minimum absolute atomic E-state index is 0. The summed E-state index contributed by atoms with van der Waals surface area (Å²) in [5.41, 5.74) is -13.5. The number of sulfonamides is 1. The maximum atomic E-state index is 13.7. The number of thioether (sulfide) groups is 1. The van der Waals surface area contributed by atoms with Gasteiger partial charge in [0.1, 0.15) is 0 Å². The molecule has 2 N–H and O–H groups in total. The molecule has 2 atom stereocenters. The van der Waals surface area contributed by atoms with Crippen LogP contribution in [0.5, 0.6) is 0 Å². The Morgan fingerprint density at radius 2 is 1.00 bits per heavy atom. The summed E-state index contributed by atoms with van der Waals surface area (Å²) < 4.78 is 314. The number of alkyl halides is 20. The number of carbonyl (C=O) groups excluding carboxylic acids is 1. The van der Waals surface area contributed by atoms with Crippen LogP contribution in [0.4, 0.5) is 87.8 Å². The molecular weight excluding hydrogens is 1060 g/mol. The monoisotopic (exact) mass is 1110 g/mol. The molecule has 0 heterocycles. The molecule has 0 aliphatic carbocycles. The van der Waals surface area contributed by atoms with Gasteiger partial charge < -0.3 is 26.8 Å². The second kappa shape index (κ2) is 27.4. The van der Waals surface area contributed by atoms with Gasteiger partial charge in [0.2, 0.25) is 15.9 Å². The van der Waals surface area contributed by atoms with E-state index in [1.165, 1.54) is 13.8 Å².